The number of benzene rings is 1. The van der Waals surface area contributed by atoms with Crippen LogP contribution in [0.25, 0.3) is 0 Å². The summed E-state index contributed by atoms with van der Waals surface area (Å²) in [6.07, 6.45) is 2.86. The molecular formula is C19H24N4OS. The summed E-state index contributed by atoms with van der Waals surface area (Å²) in [5.74, 6) is 2.60. The van der Waals surface area contributed by atoms with E-state index in [0.29, 0.717) is 17.6 Å². The van der Waals surface area contributed by atoms with E-state index in [1.807, 2.05) is 36.4 Å². The lowest BCUT2D eigenvalue weighted by atomic mass is 9.92. The second kappa shape index (κ2) is 8.34. The van der Waals surface area contributed by atoms with Crippen LogP contribution in [0.4, 0.5) is 11.5 Å². The number of carbonyl (C=O) groups excluding carboxylic acids is 1. The van der Waals surface area contributed by atoms with Crippen LogP contribution in [0.15, 0.2) is 47.8 Å². The van der Waals surface area contributed by atoms with Crippen LogP contribution in [-0.4, -0.2) is 34.7 Å². The number of aromatic nitrogens is 2. The van der Waals surface area contributed by atoms with Gasteiger partial charge < -0.3 is 10.2 Å². The fraction of sp³-hybridized carbons (Fsp3) is 0.421. The normalized spacial score (nSPS) is 20.3. The van der Waals surface area contributed by atoms with Gasteiger partial charge in [-0.3, -0.25) is 4.79 Å². The van der Waals surface area contributed by atoms with E-state index in [1.165, 1.54) is 18.2 Å². The van der Waals surface area contributed by atoms with Crippen molar-refractivity contribution in [3.8, 4) is 0 Å². The number of nitrogens with zero attached hydrogens (tertiary/aromatic N) is 3. The van der Waals surface area contributed by atoms with E-state index < -0.39 is 0 Å². The zero-order valence-electron chi connectivity index (χ0n) is 14.7. The molecule has 3 rings (SSSR count). The SMILES string of the molecule is CC1CC(C)CN(c2cc(SCC(=O)Nc3ccccc3)ncn2)C1. The summed E-state index contributed by atoms with van der Waals surface area (Å²) < 4.78 is 0. The molecule has 0 radical (unpaired) electrons. The van der Waals surface area contributed by atoms with Crippen LogP contribution in [0.1, 0.15) is 20.3 Å². The Hall–Kier alpha value is -2.08. The van der Waals surface area contributed by atoms with Gasteiger partial charge in [-0.25, -0.2) is 9.97 Å². The molecule has 0 spiro atoms. The highest BCUT2D eigenvalue weighted by molar-refractivity contribution is 7.99. The van der Waals surface area contributed by atoms with Crippen LogP contribution in [0, 0.1) is 11.8 Å². The first-order valence-corrected chi connectivity index (χ1v) is 9.63. The summed E-state index contributed by atoms with van der Waals surface area (Å²) in [5, 5.41) is 3.72. The standard InChI is InChI=1S/C19H24N4OS/c1-14-8-15(2)11-23(10-14)17-9-19(21-13-20-17)25-12-18(24)22-16-6-4-3-5-7-16/h3-7,9,13-15H,8,10-12H2,1-2H3,(H,22,24). The molecule has 1 N–H and O–H groups in total. The molecule has 132 valence electrons. The summed E-state index contributed by atoms with van der Waals surface area (Å²) in [5.41, 5.74) is 0.813. The number of hydrogen-bond donors (Lipinski definition) is 1. The van der Waals surface area contributed by atoms with Gasteiger partial charge in [-0.1, -0.05) is 43.8 Å². The van der Waals surface area contributed by atoms with Gasteiger partial charge in [0, 0.05) is 24.8 Å². The van der Waals surface area contributed by atoms with Crippen LogP contribution in [0.5, 0.6) is 0 Å². The van der Waals surface area contributed by atoms with Crippen molar-refractivity contribution in [2.24, 2.45) is 11.8 Å². The molecule has 1 aromatic carbocycles. The van der Waals surface area contributed by atoms with Crippen LogP contribution < -0.4 is 10.2 Å². The molecule has 2 atom stereocenters. The minimum atomic E-state index is -0.0309. The highest BCUT2D eigenvalue weighted by Gasteiger charge is 2.23. The number of thioether (sulfide) groups is 1. The van der Waals surface area contributed by atoms with Crippen molar-refractivity contribution in [2.45, 2.75) is 25.3 Å². The van der Waals surface area contributed by atoms with Gasteiger partial charge in [-0.05, 0) is 30.4 Å². The van der Waals surface area contributed by atoms with E-state index in [2.05, 4.69) is 34.0 Å². The van der Waals surface area contributed by atoms with E-state index in [9.17, 15) is 4.79 Å². The van der Waals surface area contributed by atoms with E-state index in [4.69, 9.17) is 0 Å². The summed E-state index contributed by atoms with van der Waals surface area (Å²) in [7, 11) is 0. The van der Waals surface area contributed by atoms with E-state index in [-0.39, 0.29) is 5.91 Å². The number of para-hydroxylation sites is 1. The Balaban J connectivity index is 1.57. The number of anilines is 2. The minimum Gasteiger partial charge on any atom is -0.356 e. The maximum absolute atomic E-state index is 12.1. The first kappa shape index (κ1) is 17.7. The fourth-order valence-corrected chi connectivity index (χ4v) is 3.95. The Bertz CT molecular complexity index is 700. The number of hydrogen-bond acceptors (Lipinski definition) is 5. The molecule has 25 heavy (non-hydrogen) atoms. The van der Waals surface area contributed by atoms with E-state index in [0.717, 1.165) is 29.6 Å². The van der Waals surface area contributed by atoms with Crippen LogP contribution in [0.2, 0.25) is 0 Å². The summed E-state index contributed by atoms with van der Waals surface area (Å²) in [6.45, 7) is 6.63. The lowest BCUT2D eigenvalue weighted by Crippen LogP contribution is -2.39. The Kier molecular flexibility index (Phi) is 5.91. The zero-order chi connectivity index (χ0) is 17.6. The van der Waals surface area contributed by atoms with Gasteiger partial charge in [0.15, 0.2) is 0 Å². The van der Waals surface area contributed by atoms with Crippen LogP contribution in [-0.2, 0) is 4.79 Å². The predicted molar refractivity (Wildman–Crippen MR) is 103 cm³/mol. The van der Waals surface area contributed by atoms with Gasteiger partial charge in [0.25, 0.3) is 0 Å². The third-order valence-electron chi connectivity index (χ3n) is 4.23. The number of amides is 1. The van der Waals surface area contributed by atoms with Crippen molar-refractivity contribution in [2.75, 3.05) is 29.1 Å². The monoisotopic (exact) mass is 356 g/mol. The van der Waals surface area contributed by atoms with Crippen molar-refractivity contribution in [3.63, 3.8) is 0 Å². The van der Waals surface area contributed by atoms with Gasteiger partial charge in [0.05, 0.1) is 5.75 Å². The molecule has 0 saturated carbocycles. The molecular weight excluding hydrogens is 332 g/mol. The van der Waals surface area contributed by atoms with Gasteiger partial charge in [-0.15, -0.1) is 0 Å². The maximum Gasteiger partial charge on any atom is 0.234 e. The first-order chi connectivity index (χ1) is 12.1. The molecule has 2 unspecified atom stereocenters. The maximum atomic E-state index is 12.1. The number of nitrogens with one attached hydrogen (secondary N) is 1. The van der Waals surface area contributed by atoms with Gasteiger partial charge in [0.2, 0.25) is 5.91 Å². The van der Waals surface area contributed by atoms with Crippen molar-refractivity contribution in [1.82, 2.24) is 9.97 Å². The molecule has 6 heteroatoms. The quantitative estimate of drug-likeness (QED) is 0.654. The molecule has 0 aliphatic carbocycles. The lowest BCUT2D eigenvalue weighted by molar-refractivity contribution is -0.113. The largest absolute Gasteiger partial charge is 0.356 e. The summed E-state index contributed by atoms with van der Waals surface area (Å²) in [6, 6.07) is 11.5. The molecule has 1 saturated heterocycles. The Morgan fingerprint density at radius 3 is 2.64 bits per heavy atom. The third-order valence-corrected chi connectivity index (χ3v) is 5.15. The van der Waals surface area contributed by atoms with Crippen molar-refractivity contribution in [3.05, 3.63) is 42.7 Å². The predicted octanol–water partition coefficient (Wildman–Crippen LogP) is 3.69. The Morgan fingerprint density at radius 1 is 1.20 bits per heavy atom. The minimum absolute atomic E-state index is 0.0309. The molecule has 1 aliphatic rings. The van der Waals surface area contributed by atoms with E-state index in [1.54, 1.807) is 6.33 Å². The highest BCUT2D eigenvalue weighted by Crippen LogP contribution is 2.26. The molecule has 2 heterocycles. The van der Waals surface area contributed by atoms with Crippen LogP contribution >= 0.6 is 11.8 Å². The van der Waals surface area contributed by atoms with Crippen molar-refractivity contribution in [1.29, 1.82) is 0 Å². The topological polar surface area (TPSA) is 58.1 Å². The Morgan fingerprint density at radius 2 is 1.92 bits per heavy atom. The lowest BCUT2D eigenvalue weighted by Gasteiger charge is -2.35. The molecule has 2 aromatic rings. The van der Waals surface area contributed by atoms with Gasteiger partial charge in [-0.2, -0.15) is 0 Å². The summed E-state index contributed by atoms with van der Waals surface area (Å²) in [4.78, 5) is 23.1. The second-order valence-electron chi connectivity index (χ2n) is 6.77. The molecule has 1 aromatic heterocycles. The van der Waals surface area contributed by atoms with Crippen molar-refractivity contribution < 1.29 is 4.79 Å². The highest BCUT2D eigenvalue weighted by atomic mass is 32.2. The first-order valence-electron chi connectivity index (χ1n) is 8.65. The average molecular weight is 356 g/mol. The van der Waals surface area contributed by atoms with Gasteiger partial charge in [0.1, 0.15) is 17.2 Å². The molecule has 5 nitrogen and oxygen atoms in total. The molecule has 1 amide bonds. The van der Waals surface area contributed by atoms with Crippen LogP contribution in [0.3, 0.4) is 0 Å². The van der Waals surface area contributed by atoms with Gasteiger partial charge >= 0.3 is 0 Å². The molecule has 0 bridgehead atoms. The molecule has 1 fully saturated rings. The fourth-order valence-electron chi connectivity index (χ4n) is 3.29. The second-order valence-corrected chi connectivity index (χ2v) is 7.76. The smallest absolute Gasteiger partial charge is 0.234 e. The average Bonchev–Trinajstić information content (AvgIpc) is 2.60. The molecule has 1 aliphatic heterocycles. The summed E-state index contributed by atoms with van der Waals surface area (Å²) >= 11 is 1.44. The number of piperidine rings is 1. The third kappa shape index (κ3) is 5.19. The Labute approximate surface area is 153 Å². The zero-order valence-corrected chi connectivity index (χ0v) is 15.5. The number of carbonyl (C=O) groups is 1. The number of rotatable bonds is 5. The van der Waals surface area contributed by atoms with Crippen molar-refractivity contribution >= 4 is 29.2 Å². The van der Waals surface area contributed by atoms with E-state index >= 15 is 0 Å².